The Bertz CT molecular complexity index is 856. The highest BCUT2D eigenvalue weighted by atomic mass is 16.5. The zero-order valence-corrected chi connectivity index (χ0v) is 14.3. The number of furan rings is 1. The maximum Gasteiger partial charge on any atom is 0.287 e. The van der Waals surface area contributed by atoms with Crippen molar-refractivity contribution < 1.29 is 13.9 Å². The number of benzene rings is 1. The minimum atomic E-state index is -0.274. The van der Waals surface area contributed by atoms with E-state index in [9.17, 15) is 4.79 Å². The maximum atomic E-state index is 12.1. The molecule has 1 N–H and O–H groups in total. The first-order chi connectivity index (χ1) is 12.1. The predicted octanol–water partition coefficient (Wildman–Crippen LogP) is 3.80. The number of carbonyl (C=O) groups excluding carboxylic acids is 1. The molecule has 2 aromatic heterocycles. The van der Waals surface area contributed by atoms with Gasteiger partial charge < -0.3 is 14.5 Å². The van der Waals surface area contributed by atoms with E-state index in [1.165, 1.54) is 0 Å². The Balaban J connectivity index is 1.56. The molecule has 0 fully saturated rings. The maximum absolute atomic E-state index is 12.1. The molecule has 5 heteroatoms. The number of aryl methyl sites for hydroxylation is 2. The fraction of sp³-hybridized carbons (Fsp3) is 0.200. The van der Waals surface area contributed by atoms with Crippen LogP contribution in [0.15, 0.2) is 59.1 Å². The SMILES string of the molecule is Cc1ccc(C)c(OCc2ccc(C(=O)NCc3ccccn3)o2)c1. The van der Waals surface area contributed by atoms with Crippen LogP contribution in [0.5, 0.6) is 5.75 Å². The molecule has 1 aromatic carbocycles. The molecule has 0 unspecified atom stereocenters. The molecule has 0 saturated heterocycles. The molecular weight excluding hydrogens is 316 g/mol. The fourth-order valence-corrected chi connectivity index (χ4v) is 2.35. The summed E-state index contributed by atoms with van der Waals surface area (Å²) in [6, 6.07) is 15.0. The molecular formula is C20H20N2O3. The predicted molar refractivity (Wildman–Crippen MR) is 94.4 cm³/mol. The summed E-state index contributed by atoms with van der Waals surface area (Å²) in [6.45, 7) is 4.64. The molecule has 0 radical (unpaired) electrons. The van der Waals surface area contributed by atoms with Gasteiger partial charge in [0, 0.05) is 6.20 Å². The van der Waals surface area contributed by atoms with E-state index >= 15 is 0 Å². The summed E-state index contributed by atoms with van der Waals surface area (Å²) in [5.41, 5.74) is 2.99. The lowest BCUT2D eigenvalue weighted by Crippen LogP contribution is -2.22. The topological polar surface area (TPSA) is 64.4 Å². The second kappa shape index (κ2) is 7.66. The van der Waals surface area contributed by atoms with E-state index in [-0.39, 0.29) is 18.3 Å². The molecule has 0 atom stereocenters. The monoisotopic (exact) mass is 336 g/mol. The van der Waals surface area contributed by atoms with Crippen LogP contribution >= 0.6 is 0 Å². The fourth-order valence-electron chi connectivity index (χ4n) is 2.35. The van der Waals surface area contributed by atoms with E-state index in [2.05, 4.69) is 10.3 Å². The highest BCUT2D eigenvalue weighted by Gasteiger charge is 2.12. The van der Waals surface area contributed by atoms with Crippen LogP contribution in [0.25, 0.3) is 0 Å². The summed E-state index contributed by atoms with van der Waals surface area (Å²) < 4.78 is 11.4. The molecule has 128 valence electrons. The Morgan fingerprint density at radius 1 is 1.16 bits per heavy atom. The van der Waals surface area contributed by atoms with Gasteiger partial charge in [0.25, 0.3) is 5.91 Å². The lowest BCUT2D eigenvalue weighted by Gasteiger charge is -2.08. The van der Waals surface area contributed by atoms with Crippen molar-refractivity contribution in [3.8, 4) is 5.75 Å². The van der Waals surface area contributed by atoms with Crippen LogP contribution in [0.1, 0.15) is 33.1 Å². The van der Waals surface area contributed by atoms with E-state index in [1.807, 2.05) is 50.2 Å². The van der Waals surface area contributed by atoms with E-state index in [1.54, 1.807) is 18.3 Å². The van der Waals surface area contributed by atoms with Crippen molar-refractivity contribution >= 4 is 5.91 Å². The van der Waals surface area contributed by atoms with Gasteiger partial charge in [-0.05, 0) is 55.3 Å². The van der Waals surface area contributed by atoms with Gasteiger partial charge in [-0.3, -0.25) is 9.78 Å². The molecule has 5 nitrogen and oxygen atoms in total. The third kappa shape index (κ3) is 4.47. The van der Waals surface area contributed by atoms with Gasteiger partial charge in [0.1, 0.15) is 18.1 Å². The molecule has 25 heavy (non-hydrogen) atoms. The van der Waals surface area contributed by atoms with Gasteiger partial charge in [-0.15, -0.1) is 0 Å². The molecule has 2 heterocycles. The van der Waals surface area contributed by atoms with Crippen molar-refractivity contribution in [3.63, 3.8) is 0 Å². The Hall–Kier alpha value is -3.08. The number of nitrogens with one attached hydrogen (secondary N) is 1. The molecule has 3 aromatic rings. The number of aromatic nitrogens is 1. The Labute approximate surface area is 146 Å². The standard InChI is InChI=1S/C20H20N2O3/c1-14-6-7-15(2)19(11-14)24-13-17-8-9-18(25-17)20(23)22-12-16-5-3-4-10-21-16/h3-11H,12-13H2,1-2H3,(H,22,23). The van der Waals surface area contributed by atoms with E-state index in [0.29, 0.717) is 12.3 Å². The summed E-state index contributed by atoms with van der Waals surface area (Å²) >= 11 is 0. The Morgan fingerprint density at radius 3 is 2.84 bits per heavy atom. The second-order valence-electron chi connectivity index (χ2n) is 5.83. The van der Waals surface area contributed by atoms with Gasteiger partial charge in [-0.2, -0.15) is 0 Å². The van der Waals surface area contributed by atoms with Gasteiger partial charge >= 0.3 is 0 Å². The average molecular weight is 336 g/mol. The summed E-state index contributed by atoms with van der Waals surface area (Å²) in [4.78, 5) is 16.3. The molecule has 0 saturated carbocycles. The smallest absolute Gasteiger partial charge is 0.287 e. The highest BCUT2D eigenvalue weighted by molar-refractivity contribution is 5.91. The number of ether oxygens (including phenoxy) is 1. The Kier molecular flexibility index (Phi) is 5.14. The van der Waals surface area contributed by atoms with Crippen LogP contribution < -0.4 is 10.1 Å². The lowest BCUT2D eigenvalue weighted by molar-refractivity contribution is 0.0918. The van der Waals surface area contributed by atoms with E-state index in [0.717, 1.165) is 22.6 Å². The van der Waals surface area contributed by atoms with Crippen LogP contribution in [-0.2, 0) is 13.2 Å². The number of rotatable bonds is 6. The number of hydrogen-bond donors (Lipinski definition) is 1. The highest BCUT2D eigenvalue weighted by Crippen LogP contribution is 2.21. The first-order valence-electron chi connectivity index (χ1n) is 8.09. The van der Waals surface area contributed by atoms with Crippen molar-refractivity contribution in [3.05, 3.63) is 83.1 Å². The van der Waals surface area contributed by atoms with Gasteiger partial charge in [0.15, 0.2) is 5.76 Å². The van der Waals surface area contributed by atoms with Crippen LogP contribution in [0, 0.1) is 13.8 Å². The number of carbonyl (C=O) groups is 1. The largest absolute Gasteiger partial charge is 0.485 e. The van der Waals surface area contributed by atoms with E-state index < -0.39 is 0 Å². The van der Waals surface area contributed by atoms with Gasteiger partial charge in [-0.25, -0.2) is 0 Å². The molecule has 3 rings (SSSR count). The normalized spacial score (nSPS) is 10.5. The van der Waals surface area contributed by atoms with Crippen molar-refractivity contribution in [2.75, 3.05) is 0 Å². The number of hydrogen-bond acceptors (Lipinski definition) is 4. The first kappa shape index (κ1) is 16.8. The van der Waals surface area contributed by atoms with Gasteiger partial charge in [0.05, 0.1) is 12.2 Å². The van der Waals surface area contributed by atoms with Gasteiger partial charge in [0.2, 0.25) is 0 Å². The molecule has 1 amide bonds. The van der Waals surface area contributed by atoms with Crippen LogP contribution in [0.4, 0.5) is 0 Å². The molecule has 0 aliphatic rings. The number of nitrogens with zero attached hydrogens (tertiary/aromatic N) is 1. The van der Waals surface area contributed by atoms with Crippen LogP contribution in [0.2, 0.25) is 0 Å². The second-order valence-corrected chi connectivity index (χ2v) is 5.83. The van der Waals surface area contributed by atoms with Crippen LogP contribution in [-0.4, -0.2) is 10.9 Å². The van der Waals surface area contributed by atoms with Crippen LogP contribution in [0.3, 0.4) is 0 Å². The zero-order valence-electron chi connectivity index (χ0n) is 14.3. The van der Waals surface area contributed by atoms with Crippen molar-refractivity contribution in [2.45, 2.75) is 27.0 Å². The number of amides is 1. The van der Waals surface area contributed by atoms with Gasteiger partial charge in [-0.1, -0.05) is 18.2 Å². The molecule has 0 spiro atoms. The number of pyridine rings is 1. The van der Waals surface area contributed by atoms with E-state index in [4.69, 9.17) is 9.15 Å². The van der Waals surface area contributed by atoms with Crippen molar-refractivity contribution in [1.29, 1.82) is 0 Å². The lowest BCUT2D eigenvalue weighted by atomic mass is 10.1. The summed E-state index contributed by atoms with van der Waals surface area (Å²) in [6.07, 6.45) is 1.69. The molecule has 0 aliphatic heterocycles. The minimum Gasteiger partial charge on any atom is -0.485 e. The molecule has 0 bridgehead atoms. The minimum absolute atomic E-state index is 0.260. The average Bonchev–Trinajstić information content (AvgIpc) is 3.10. The first-order valence-corrected chi connectivity index (χ1v) is 8.09. The summed E-state index contributed by atoms with van der Waals surface area (Å²) in [7, 11) is 0. The Morgan fingerprint density at radius 2 is 2.04 bits per heavy atom. The third-order valence-electron chi connectivity index (χ3n) is 3.76. The third-order valence-corrected chi connectivity index (χ3v) is 3.76. The molecule has 0 aliphatic carbocycles. The zero-order chi connectivity index (χ0) is 17.6. The van der Waals surface area contributed by atoms with Crippen molar-refractivity contribution in [1.82, 2.24) is 10.3 Å². The quantitative estimate of drug-likeness (QED) is 0.743. The summed E-state index contributed by atoms with van der Waals surface area (Å²) in [5.74, 6) is 1.40. The summed E-state index contributed by atoms with van der Waals surface area (Å²) in [5, 5.41) is 2.78. The van der Waals surface area contributed by atoms with Crippen molar-refractivity contribution in [2.24, 2.45) is 0 Å².